The molecule has 0 unspecified atom stereocenters. The van der Waals surface area contributed by atoms with Gasteiger partial charge in [-0.15, -0.1) is 0 Å². The van der Waals surface area contributed by atoms with Gasteiger partial charge in [-0.1, -0.05) is 36.4 Å². The van der Waals surface area contributed by atoms with Crippen molar-refractivity contribution in [3.63, 3.8) is 0 Å². The molecule has 0 atom stereocenters. The highest BCUT2D eigenvalue weighted by atomic mass is 32.2. The third-order valence-electron chi connectivity index (χ3n) is 8.44. The Kier molecular flexibility index (Phi) is 5.59. The molecule has 2 amide bonds. The standard InChI is InChI=1S/C29H29NO4S/c1-34-25-8-7-23(29-14-18-9-19(15-29)11-20(10-18)16-29)12-22(25)13-26-27(32)30(28(33)35-26)17-24(31)21-5-3-2-4-6-21/h2-8,12-13,18-20H,9-11,14-17H2,1H3/b26-13+. The second kappa shape index (κ2) is 8.66. The number of ether oxygens (including phenoxy) is 1. The van der Waals surface area contributed by atoms with Crippen LogP contribution in [-0.4, -0.2) is 35.5 Å². The first-order valence-corrected chi connectivity index (χ1v) is 13.3. The highest BCUT2D eigenvalue weighted by Gasteiger charge is 2.51. The summed E-state index contributed by atoms with van der Waals surface area (Å²) in [5, 5.41) is -0.415. The fraction of sp³-hybridized carbons (Fsp3) is 0.414. The predicted octanol–water partition coefficient (Wildman–Crippen LogP) is 6.08. The van der Waals surface area contributed by atoms with Crippen LogP contribution in [0.15, 0.2) is 53.4 Å². The number of carbonyl (C=O) groups is 3. The number of Topliss-reactive ketones (excluding diaryl/α,β-unsaturated/α-hetero) is 1. The number of ketones is 1. The normalized spacial score (nSPS) is 30.4. The summed E-state index contributed by atoms with van der Waals surface area (Å²) in [5.41, 5.74) is 2.87. The Balaban J connectivity index is 1.28. The van der Waals surface area contributed by atoms with E-state index in [2.05, 4.69) is 12.1 Å². The van der Waals surface area contributed by atoms with Gasteiger partial charge in [0.15, 0.2) is 5.78 Å². The lowest BCUT2D eigenvalue weighted by Gasteiger charge is -2.57. The molecule has 0 radical (unpaired) electrons. The van der Waals surface area contributed by atoms with Crippen LogP contribution < -0.4 is 4.74 Å². The maximum absolute atomic E-state index is 13.1. The summed E-state index contributed by atoms with van der Waals surface area (Å²) >= 11 is 0.889. The molecule has 0 spiro atoms. The summed E-state index contributed by atoms with van der Waals surface area (Å²) in [6.45, 7) is -0.254. The van der Waals surface area contributed by atoms with Gasteiger partial charge in [-0.25, -0.2) is 0 Å². The van der Waals surface area contributed by atoms with Crippen molar-refractivity contribution in [3.05, 3.63) is 70.1 Å². The second-order valence-corrected chi connectivity index (χ2v) is 11.7. The Morgan fingerprint density at radius 1 is 1.03 bits per heavy atom. The zero-order valence-electron chi connectivity index (χ0n) is 19.9. The van der Waals surface area contributed by atoms with Crippen LogP contribution in [0.3, 0.4) is 0 Å². The minimum atomic E-state index is -0.424. The summed E-state index contributed by atoms with van der Waals surface area (Å²) < 4.78 is 5.62. The van der Waals surface area contributed by atoms with Gasteiger partial charge in [0.2, 0.25) is 0 Å². The highest BCUT2D eigenvalue weighted by Crippen LogP contribution is 2.61. The summed E-state index contributed by atoms with van der Waals surface area (Å²) in [7, 11) is 1.63. The van der Waals surface area contributed by atoms with Crippen LogP contribution in [0.25, 0.3) is 6.08 Å². The molecule has 2 aromatic carbocycles. The van der Waals surface area contributed by atoms with E-state index in [0.29, 0.717) is 16.2 Å². The molecule has 2 aromatic rings. The molecular formula is C29H29NO4S. The molecular weight excluding hydrogens is 458 g/mol. The summed E-state index contributed by atoms with van der Waals surface area (Å²) in [4.78, 5) is 39.7. The van der Waals surface area contributed by atoms with Gasteiger partial charge < -0.3 is 4.74 Å². The van der Waals surface area contributed by atoms with Crippen molar-refractivity contribution < 1.29 is 19.1 Å². The topological polar surface area (TPSA) is 63.7 Å². The molecule has 4 saturated carbocycles. The quantitative estimate of drug-likeness (QED) is 0.365. The molecule has 5 fully saturated rings. The van der Waals surface area contributed by atoms with E-state index in [-0.39, 0.29) is 17.7 Å². The zero-order valence-corrected chi connectivity index (χ0v) is 20.7. The molecule has 35 heavy (non-hydrogen) atoms. The lowest BCUT2D eigenvalue weighted by atomic mass is 9.48. The minimum absolute atomic E-state index is 0.227. The van der Waals surface area contributed by atoms with Gasteiger partial charge in [0.05, 0.1) is 18.6 Å². The van der Waals surface area contributed by atoms with Crippen LogP contribution >= 0.6 is 11.8 Å². The summed E-state index contributed by atoms with van der Waals surface area (Å²) in [5.74, 6) is 2.52. The first-order valence-electron chi connectivity index (χ1n) is 12.5. The van der Waals surface area contributed by atoms with Crippen LogP contribution in [0.2, 0.25) is 0 Å². The van der Waals surface area contributed by atoms with Gasteiger partial charge in [0.1, 0.15) is 5.75 Å². The fourth-order valence-corrected chi connectivity index (χ4v) is 8.11. The molecule has 4 bridgehead atoms. The highest BCUT2D eigenvalue weighted by molar-refractivity contribution is 8.18. The van der Waals surface area contributed by atoms with Crippen LogP contribution in [0.1, 0.15) is 60.0 Å². The summed E-state index contributed by atoms with van der Waals surface area (Å²) in [6.07, 6.45) is 9.68. The van der Waals surface area contributed by atoms with Crippen molar-refractivity contribution >= 4 is 34.8 Å². The van der Waals surface area contributed by atoms with Gasteiger partial charge in [-0.3, -0.25) is 19.3 Å². The Bertz CT molecular complexity index is 1200. The van der Waals surface area contributed by atoms with Crippen LogP contribution in [0.5, 0.6) is 5.75 Å². The largest absolute Gasteiger partial charge is 0.496 e. The predicted molar refractivity (Wildman–Crippen MR) is 136 cm³/mol. The fourth-order valence-electron chi connectivity index (χ4n) is 7.28. The van der Waals surface area contributed by atoms with E-state index >= 15 is 0 Å². The number of imide groups is 1. The van der Waals surface area contributed by atoms with Gasteiger partial charge in [0.25, 0.3) is 11.1 Å². The number of thioether (sulfide) groups is 1. The maximum Gasteiger partial charge on any atom is 0.293 e. The van der Waals surface area contributed by atoms with E-state index in [9.17, 15) is 14.4 Å². The molecule has 0 aromatic heterocycles. The van der Waals surface area contributed by atoms with E-state index in [0.717, 1.165) is 40.0 Å². The number of benzene rings is 2. The molecule has 5 aliphatic rings. The zero-order chi connectivity index (χ0) is 24.2. The Hall–Kier alpha value is -2.86. The lowest BCUT2D eigenvalue weighted by molar-refractivity contribution is -0.122. The molecule has 5 nitrogen and oxygen atoms in total. The van der Waals surface area contributed by atoms with E-state index in [1.807, 2.05) is 12.1 Å². The van der Waals surface area contributed by atoms with E-state index in [4.69, 9.17) is 4.74 Å². The van der Waals surface area contributed by atoms with Crippen LogP contribution in [-0.2, 0) is 10.2 Å². The first-order chi connectivity index (χ1) is 16.9. The van der Waals surface area contributed by atoms with Gasteiger partial charge in [-0.05, 0) is 97.2 Å². The minimum Gasteiger partial charge on any atom is -0.496 e. The van der Waals surface area contributed by atoms with Crippen LogP contribution in [0.4, 0.5) is 4.79 Å². The van der Waals surface area contributed by atoms with Crippen molar-refractivity contribution in [2.75, 3.05) is 13.7 Å². The molecule has 4 aliphatic carbocycles. The molecule has 1 aliphatic heterocycles. The number of methoxy groups -OCH3 is 1. The molecule has 6 heteroatoms. The molecule has 0 N–H and O–H groups in total. The Labute approximate surface area is 209 Å². The third-order valence-corrected chi connectivity index (χ3v) is 9.35. The maximum atomic E-state index is 13.1. The molecule has 180 valence electrons. The second-order valence-electron chi connectivity index (χ2n) is 10.7. The number of hydrogen-bond donors (Lipinski definition) is 0. The van der Waals surface area contributed by atoms with E-state index in [1.165, 1.54) is 44.1 Å². The summed E-state index contributed by atoms with van der Waals surface area (Å²) in [6, 6.07) is 15.1. The monoisotopic (exact) mass is 487 g/mol. The molecule has 1 heterocycles. The SMILES string of the molecule is COc1ccc(C23CC4CC(CC(C4)C2)C3)cc1/C=C1/SC(=O)N(CC(=O)c2ccccc2)C1=O. The number of hydrogen-bond acceptors (Lipinski definition) is 5. The van der Waals surface area contributed by atoms with E-state index < -0.39 is 11.1 Å². The third kappa shape index (κ3) is 4.02. The Morgan fingerprint density at radius 3 is 2.31 bits per heavy atom. The molecule has 1 saturated heterocycles. The smallest absolute Gasteiger partial charge is 0.293 e. The Morgan fingerprint density at radius 2 is 1.69 bits per heavy atom. The lowest BCUT2D eigenvalue weighted by Crippen LogP contribution is -2.48. The average Bonchev–Trinajstić information content (AvgIpc) is 3.11. The first kappa shape index (κ1) is 22.6. The average molecular weight is 488 g/mol. The van der Waals surface area contributed by atoms with Gasteiger partial charge in [0, 0.05) is 11.1 Å². The number of rotatable bonds is 6. The van der Waals surface area contributed by atoms with Crippen molar-refractivity contribution in [3.8, 4) is 5.75 Å². The van der Waals surface area contributed by atoms with E-state index in [1.54, 1.807) is 37.5 Å². The van der Waals surface area contributed by atoms with Gasteiger partial charge >= 0.3 is 0 Å². The van der Waals surface area contributed by atoms with Crippen LogP contribution in [0, 0.1) is 17.8 Å². The number of nitrogens with zero attached hydrogens (tertiary/aromatic N) is 1. The van der Waals surface area contributed by atoms with Gasteiger partial charge in [-0.2, -0.15) is 0 Å². The number of carbonyl (C=O) groups excluding carboxylic acids is 3. The number of amides is 2. The van der Waals surface area contributed by atoms with Crippen molar-refractivity contribution in [1.29, 1.82) is 0 Å². The molecule has 7 rings (SSSR count). The van der Waals surface area contributed by atoms with Crippen molar-refractivity contribution in [1.82, 2.24) is 4.90 Å². The van der Waals surface area contributed by atoms with Crippen molar-refractivity contribution in [2.24, 2.45) is 17.8 Å². The van der Waals surface area contributed by atoms with Crippen molar-refractivity contribution in [2.45, 2.75) is 43.9 Å².